The molecule has 1 unspecified atom stereocenters. The third-order valence-electron chi connectivity index (χ3n) is 4.44. The van der Waals surface area contributed by atoms with Crippen molar-refractivity contribution in [3.05, 3.63) is 34.0 Å². The number of carbonyl (C=O) groups is 1. The van der Waals surface area contributed by atoms with E-state index in [-0.39, 0.29) is 17.2 Å². The first-order chi connectivity index (χ1) is 11.8. The Bertz CT molecular complexity index is 824. The quantitative estimate of drug-likeness (QED) is 0.868. The fraction of sp³-hybridized carbons (Fsp3) is 0.444. The van der Waals surface area contributed by atoms with Gasteiger partial charge in [-0.15, -0.1) is 0 Å². The molecule has 0 radical (unpaired) electrons. The monoisotopic (exact) mass is 363 g/mol. The first-order valence-electron chi connectivity index (χ1n) is 8.06. The van der Waals surface area contributed by atoms with Gasteiger partial charge in [-0.05, 0) is 11.6 Å². The number of carbonyl (C=O) groups excluding carboxylic acids is 1. The molecule has 3 rings (SSSR count). The van der Waals surface area contributed by atoms with Crippen LogP contribution in [0.2, 0.25) is 5.02 Å². The van der Waals surface area contributed by atoms with Crippen molar-refractivity contribution in [1.82, 2.24) is 10.2 Å². The fourth-order valence-electron chi connectivity index (χ4n) is 3.27. The maximum Gasteiger partial charge on any atom is 0.226 e. The number of rotatable bonds is 3. The van der Waals surface area contributed by atoms with Crippen molar-refractivity contribution >= 4 is 23.3 Å². The molecule has 0 fully saturated rings. The first kappa shape index (κ1) is 17.6. The number of hydrogen-bond donors (Lipinski definition) is 2. The third kappa shape index (κ3) is 2.95. The van der Waals surface area contributed by atoms with Crippen LogP contribution >= 0.6 is 11.6 Å². The second kappa shape index (κ2) is 6.26. The first-order valence-corrected chi connectivity index (χ1v) is 8.44. The lowest BCUT2D eigenvalue weighted by atomic mass is 9.79. The van der Waals surface area contributed by atoms with Gasteiger partial charge in [0.05, 0.1) is 19.2 Å². The Labute approximate surface area is 151 Å². The molecule has 0 saturated carbocycles. The number of hydrogen-bond acceptors (Lipinski definition) is 4. The van der Waals surface area contributed by atoms with Crippen LogP contribution in [0.15, 0.2) is 12.1 Å². The van der Waals surface area contributed by atoms with Gasteiger partial charge in [0.2, 0.25) is 5.91 Å². The molecule has 1 amide bonds. The van der Waals surface area contributed by atoms with Gasteiger partial charge in [-0.3, -0.25) is 9.89 Å². The Balaban J connectivity index is 2.20. The van der Waals surface area contributed by atoms with Gasteiger partial charge in [0.25, 0.3) is 0 Å². The van der Waals surface area contributed by atoms with Gasteiger partial charge in [-0.2, -0.15) is 5.10 Å². The highest BCUT2D eigenvalue weighted by molar-refractivity contribution is 6.33. The van der Waals surface area contributed by atoms with Crippen LogP contribution in [-0.2, 0) is 10.2 Å². The maximum atomic E-state index is 12.2. The molecule has 0 saturated heterocycles. The Hall–Kier alpha value is -2.21. The topological polar surface area (TPSA) is 76.2 Å². The highest BCUT2D eigenvalue weighted by atomic mass is 35.5. The average Bonchev–Trinajstić information content (AvgIpc) is 2.97. The molecule has 0 spiro atoms. The van der Waals surface area contributed by atoms with E-state index < -0.39 is 0 Å². The van der Waals surface area contributed by atoms with Crippen molar-refractivity contribution in [2.75, 3.05) is 19.5 Å². The van der Waals surface area contributed by atoms with Crippen molar-refractivity contribution < 1.29 is 14.3 Å². The van der Waals surface area contributed by atoms with Crippen molar-refractivity contribution in [1.29, 1.82) is 0 Å². The molecule has 0 bridgehead atoms. The van der Waals surface area contributed by atoms with E-state index >= 15 is 0 Å². The summed E-state index contributed by atoms with van der Waals surface area (Å²) >= 11 is 6.61. The van der Waals surface area contributed by atoms with Crippen LogP contribution in [0.25, 0.3) is 0 Å². The van der Waals surface area contributed by atoms with Gasteiger partial charge in [-0.25, -0.2) is 0 Å². The number of benzene rings is 1. The van der Waals surface area contributed by atoms with Crippen molar-refractivity contribution in [3.8, 4) is 11.5 Å². The molecule has 1 atom stereocenters. The summed E-state index contributed by atoms with van der Waals surface area (Å²) in [5, 5.41) is 10.7. The molecular weight excluding hydrogens is 342 g/mol. The van der Waals surface area contributed by atoms with E-state index in [2.05, 4.69) is 36.3 Å². The fourth-order valence-corrected chi connectivity index (χ4v) is 3.63. The minimum atomic E-state index is -0.205. The maximum absolute atomic E-state index is 12.2. The molecule has 7 heteroatoms. The standard InChI is InChI=1S/C18H22ClN3O3/c1-18(2,3)16-13-10(8-12(23)20-17(13)22-21-16)9-6-7-11(24-4)15(25-5)14(9)19/h6-7,10H,8H2,1-5H3,(H2,20,21,22,23). The van der Waals surface area contributed by atoms with Gasteiger partial charge >= 0.3 is 0 Å². The highest BCUT2D eigenvalue weighted by Gasteiger charge is 2.36. The number of nitrogens with zero attached hydrogens (tertiary/aromatic N) is 1. The van der Waals surface area contributed by atoms with E-state index in [4.69, 9.17) is 21.1 Å². The minimum Gasteiger partial charge on any atom is -0.493 e. The lowest BCUT2D eigenvalue weighted by molar-refractivity contribution is -0.116. The lowest BCUT2D eigenvalue weighted by Gasteiger charge is -2.28. The van der Waals surface area contributed by atoms with Crippen LogP contribution in [0, 0.1) is 0 Å². The smallest absolute Gasteiger partial charge is 0.226 e. The van der Waals surface area contributed by atoms with Gasteiger partial charge < -0.3 is 14.8 Å². The zero-order valence-corrected chi connectivity index (χ0v) is 15.7. The highest BCUT2D eigenvalue weighted by Crippen LogP contribution is 2.47. The Morgan fingerprint density at radius 2 is 1.96 bits per heavy atom. The Morgan fingerprint density at radius 1 is 1.24 bits per heavy atom. The predicted molar refractivity (Wildman–Crippen MR) is 96.9 cm³/mol. The van der Waals surface area contributed by atoms with E-state index in [0.717, 1.165) is 16.8 Å². The number of ether oxygens (including phenoxy) is 2. The summed E-state index contributed by atoms with van der Waals surface area (Å²) in [6, 6.07) is 3.69. The van der Waals surface area contributed by atoms with E-state index in [9.17, 15) is 4.79 Å². The molecule has 2 heterocycles. The number of aromatic nitrogens is 2. The van der Waals surface area contributed by atoms with Gasteiger partial charge in [0.15, 0.2) is 17.3 Å². The summed E-state index contributed by atoms with van der Waals surface area (Å²) < 4.78 is 10.7. The zero-order chi connectivity index (χ0) is 18.4. The molecular formula is C18H22ClN3O3. The number of amides is 1. The summed E-state index contributed by atoms with van der Waals surface area (Å²) in [6.07, 6.45) is 0.296. The normalized spacial score (nSPS) is 17.0. The predicted octanol–water partition coefficient (Wildman–Crippen LogP) is 3.85. The van der Waals surface area contributed by atoms with Crippen LogP contribution in [0.4, 0.5) is 5.82 Å². The van der Waals surface area contributed by atoms with Crippen LogP contribution in [0.3, 0.4) is 0 Å². The van der Waals surface area contributed by atoms with Crippen molar-refractivity contribution in [2.45, 2.75) is 38.5 Å². The number of H-pyrrole nitrogens is 1. The number of halogens is 1. The number of aromatic amines is 1. The molecule has 1 aliphatic heterocycles. The third-order valence-corrected chi connectivity index (χ3v) is 4.83. The molecule has 25 heavy (non-hydrogen) atoms. The summed E-state index contributed by atoms with van der Waals surface area (Å²) in [5.74, 6) is 1.30. The van der Waals surface area contributed by atoms with E-state index in [0.29, 0.717) is 28.8 Å². The SMILES string of the molecule is COc1ccc(C2CC(=O)Nc3n[nH]c(C(C)(C)C)c32)c(Cl)c1OC. The van der Waals surface area contributed by atoms with Crippen molar-refractivity contribution in [2.24, 2.45) is 0 Å². The Kier molecular flexibility index (Phi) is 4.41. The zero-order valence-electron chi connectivity index (χ0n) is 15.0. The number of methoxy groups -OCH3 is 2. The summed E-state index contributed by atoms with van der Waals surface area (Å²) in [6.45, 7) is 6.31. The van der Waals surface area contributed by atoms with Crippen LogP contribution in [0.5, 0.6) is 11.5 Å². The molecule has 1 aromatic heterocycles. The molecule has 1 aromatic carbocycles. The lowest BCUT2D eigenvalue weighted by Crippen LogP contribution is -2.26. The van der Waals surface area contributed by atoms with Crippen molar-refractivity contribution in [3.63, 3.8) is 0 Å². The molecule has 6 nitrogen and oxygen atoms in total. The van der Waals surface area contributed by atoms with E-state index in [1.54, 1.807) is 14.2 Å². The molecule has 2 aromatic rings. The van der Waals surface area contributed by atoms with Gasteiger partial charge in [0, 0.05) is 29.0 Å². The molecule has 1 aliphatic rings. The second-order valence-electron chi connectivity index (χ2n) is 7.12. The number of nitrogens with one attached hydrogen (secondary N) is 2. The second-order valence-corrected chi connectivity index (χ2v) is 7.50. The van der Waals surface area contributed by atoms with Crippen LogP contribution < -0.4 is 14.8 Å². The number of anilines is 1. The average molecular weight is 364 g/mol. The van der Waals surface area contributed by atoms with Crippen LogP contribution in [0.1, 0.15) is 49.9 Å². The van der Waals surface area contributed by atoms with E-state index in [1.807, 2.05) is 12.1 Å². The summed E-state index contributed by atoms with van der Waals surface area (Å²) in [4.78, 5) is 12.2. The summed E-state index contributed by atoms with van der Waals surface area (Å²) in [7, 11) is 3.11. The molecule has 2 N–H and O–H groups in total. The van der Waals surface area contributed by atoms with E-state index in [1.165, 1.54) is 0 Å². The number of fused-ring (bicyclic) bond motifs is 1. The largest absolute Gasteiger partial charge is 0.493 e. The van der Waals surface area contributed by atoms with Gasteiger partial charge in [-0.1, -0.05) is 38.4 Å². The van der Waals surface area contributed by atoms with Gasteiger partial charge in [0.1, 0.15) is 0 Å². The Morgan fingerprint density at radius 3 is 2.56 bits per heavy atom. The summed E-state index contributed by atoms with van der Waals surface area (Å²) in [5.41, 5.74) is 2.63. The molecule has 0 aliphatic carbocycles. The van der Waals surface area contributed by atoms with Crippen LogP contribution in [-0.4, -0.2) is 30.3 Å². The minimum absolute atomic E-state index is 0.0877. The molecule has 134 valence electrons.